The number of ether oxygens (including phenoxy) is 1. The van der Waals surface area contributed by atoms with Crippen LogP contribution in [0, 0.1) is 6.92 Å². The fourth-order valence-corrected chi connectivity index (χ4v) is 4.42. The molecule has 40 heavy (non-hydrogen) atoms. The molecule has 1 heteroatoms. The zero-order chi connectivity index (χ0) is 28.0. The van der Waals surface area contributed by atoms with Gasteiger partial charge in [0.25, 0.3) is 0 Å². The first kappa shape index (κ1) is 32.1. The minimum Gasteiger partial charge on any atom is -0.494 e. The van der Waals surface area contributed by atoms with Gasteiger partial charge in [-0.2, -0.15) is 0 Å². The number of rotatable bonds is 9. The molecular weight excluding hydrogens is 484 g/mol. The van der Waals surface area contributed by atoms with Gasteiger partial charge < -0.3 is 4.74 Å². The van der Waals surface area contributed by atoms with E-state index in [4.69, 9.17) is 4.74 Å². The maximum atomic E-state index is 5.55. The van der Waals surface area contributed by atoms with E-state index >= 15 is 0 Å². The van der Waals surface area contributed by atoms with Crippen molar-refractivity contribution in [3.8, 4) is 11.1 Å². The Labute approximate surface area is 243 Å². The van der Waals surface area contributed by atoms with Gasteiger partial charge >= 0.3 is 0 Å². The largest absolute Gasteiger partial charge is 0.494 e. The number of hydrogen-bond acceptors (Lipinski definition) is 1. The summed E-state index contributed by atoms with van der Waals surface area (Å²) in [6.07, 6.45) is 6.50. The number of benzene rings is 4. The molecule has 0 saturated heterocycles. The Balaban J connectivity index is 0.000000535. The van der Waals surface area contributed by atoms with Crippen LogP contribution in [0.3, 0.4) is 0 Å². The van der Waals surface area contributed by atoms with Gasteiger partial charge in [-0.05, 0) is 91.6 Å². The standard InChI is InChI=1S/C30H32O.C8H10.CH4/c1-6-31-25(5)28-14-10-11-26(20-28)19-22(2)15-16-23(3)30-21-29(18-17-24(30)4)27-12-8-7-9-13-27;1-2-8-6-4-3-5-7-8;/h7-18,20-21H,5-6,19H2,1-4H3;3-7H,2H2,1H3;1H4/b22-15-,23-16+;;. The molecule has 0 unspecified atom stereocenters. The highest BCUT2D eigenvalue weighted by atomic mass is 16.5. The molecule has 0 fully saturated rings. The highest BCUT2D eigenvalue weighted by Gasteiger charge is 2.05. The summed E-state index contributed by atoms with van der Waals surface area (Å²) in [6, 6.07) is 36.1. The number of hydrogen-bond donors (Lipinski definition) is 0. The lowest BCUT2D eigenvalue weighted by atomic mass is 9.95. The van der Waals surface area contributed by atoms with Gasteiger partial charge in [-0.25, -0.2) is 0 Å². The van der Waals surface area contributed by atoms with E-state index in [0.717, 1.165) is 24.2 Å². The van der Waals surface area contributed by atoms with Crippen LogP contribution in [0.2, 0.25) is 0 Å². The summed E-state index contributed by atoms with van der Waals surface area (Å²) in [5, 5.41) is 0. The molecule has 208 valence electrons. The van der Waals surface area contributed by atoms with Crippen molar-refractivity contribution in [2.45, 2.75) is 54.9 Å². The van der Waals surface area contributed by atoms with Crippen molar-refractivity contribution in [1.82, 2.24) is 0 Å². The fourth-order valence-electron chi connectivity index (χ4n) is 4.42. The lowest BCUT2D eigenvalue weighted by Gasteiger charge is -2.10. The number of aryl methyl sites for hydroxylation is 2. The Morgan fingerprint density at radius 3 is 2.00 bits per heavy atom. The van der Waals surface area contributed by atoms with Gasteiger partial charge in [0.1, 0.15) is 5.76 Å². The van der Waals surface area contributed by atoms with Crippen molar-refractivity contribution in [1.29, 1.82) is 0 Å². The van der Waals surface area contributed by atoms with Crippen molar-refractivity contribution in [2.24, 2.45) is 0 Å². The van der Waals surface area contributed by atoms with Crippen molar-refractivity contribution in [3.05, 3.63) is 155 Å². The summed E-state index contributed by atoms with van der Waals surface area (Å²) in [4.78, 5) is 0. The highest BCUT2D eigenvalue weighted by molar-refractivity contribution is 5.74. The van der Waals surface area contributed by atoms with Crippen LogP contribution in [0.1, 0.15) is 62.9 Å². The van der Waals surface area contributed by atoms with Gasteiger partial charge in [0, 0.05) is 5.56 Å². The van der Waals surface area contributed by atoms with Crippen molar-refractivity contribution >= 4 is 11.3 Å². The third-order valence-electron chi connectivity index (χ3n) is 6.69. The van der Waals surface area contributed by atoms with E-state index in [9.17, 15) is 0 Å². The molecule has 4 aromatic rings. The molecular formula is C39H46O. The predicted molar refractivity (Wildman–Crippen MR) is 177 cm³/mol. The van der Waals surface area contributed by atoms with Gasteiger partial charge in [-0.1, -0.05) is 130 Å². The molecule has 0 heterocycles. The molecule has 0 amide bonds. The van der Waals surface area contributed by atoms with E-state index in [1.807, 2.05) is 19.1 Å². The van der Waals surface area contributed by atoms with E-state index in [2.05, 4.69) is 137 Å². The second kappa shape index (κ2) is 16.8. The lowest BCUT2D eigenvalue weighted by Crippen LogP contribution is -1.93. The average molecular weight is 531 g/mol. The minimum atomic E-state index is 0. The molecule has 0 spiro atoms. The maximum Gasteiger partial charge on any atom is 0.119 e. The summed E-state index contributed by atoms with van der Waals surface area (Å²) in [5.41, 5.74) is 11.4. The van der Waals surface area contributed by atoms with Gasteiger partial charge in [0.2, 0.25) is 0 Å². The smallest absolute Gasteiger partial charge is 0.119 e. The van der Waals surface area contributed by atoms with Crippen molar-refractivity contribution in [3.63, 3.8) is 0 Å². The summed E-state index contributed by atoms with van der Waals surface area (Å²) in [6.45, 7) is 15.3. The second-order valence-corrected chi connectivity index (χ2v) is 9.83. The predicted octanol–water partition coefficient (Wildman–Crippen LogP) is 11.1. The Morgan fingerprint density at radius 2 is 1.38 bits per heavy atom. The monoisotopic (exact) mass is 530 g/mol. The Bertz CT molecular complexity index is 1390. The molecule has 0 N–H and O–H groups in total. The fraction of sp³-hybridized carbons (Fsp3) is 0.231. The maximum absolute atomic E-state index is 5.55. The van der Waals surface area contributed by atoms with Crippen LogP contribution in [0.25, 0.3) is 22.5 Å². The zero-order valence-corrected chi connectivity index (χ0v) is 24.2. The lowest BCUT2D eigenvalue weighted by molar-refractivity contribution is 0.299. The van der Waals surface area contributed by atoms with Crippen LogP contribution in [-0.2, 0) is 17.6 Å². The third-order valence-corrected chi connectivity index (χ3v) is 6.69. The molecule has 0 aliphatic carbocycles. The summed E-state index contributed by atoms with van der Waals surface area (Å²) in [5.74, 6) is 0.732. The van der Waals surface area contributed by atoms with E-state index in [-0.39, 0.29) is 7.43 Å². The third kappa shape index (κ3) is 9.89. The first-order valence-corrected chi connectivity index (χ1v) is 13.9. The first-order chi connectivity index (χ1) is 18.9. The van der Waals surface area contributed by atoms with Gasteiger partial charge in [-0.3, -0.25) is 0 Å². The molecule has 0 atom stereocenters. The SMILES string of the molecule is C.C=C(OCC)c1cccc(C/C(C)=C\C=C(/C)c2cc(-c3ccccc3)ccc2C)c1.CCc1ccccc1. The van der Waals surface area contributed by atoms with Gasteiger partial charge in [-0.15, -0.1) is 0 Å². The highest BCUT2D eigenvalue weighted by Crippen LogP contribution is 2.27. The first-order valence-electron chi connectivity index (χ1n) is 13.9. The quantitative estimate of drug-likeness (QED) is 0.154. The van der Waals surface area contributed by atoms with E-state index in [1.54, 1.807) is 0 Å². The van der Waals surface area contributed by atoms with E-state index in [0.29, 0.717) is 6.61 Å². The molecule has 1 nitrogen and oxygen atoms in total. The van der Waals surface area contributed by atoms with Crippen molar-refractivity contribution < 1.29 is 4.74 Å². The van der Waals surface area contributed by atoms with Gasteiger partial charge in [0.05, 0.1) is 6.61 Å². The normalized spacial score (nSPS) is 11.1. The molecule has 0 aliphatic rings. The molecule has 0 bridgehead atoms. The molecule has 0 aliphatic heterocycles. The summed E-state index contributed by atoms with van der Waals surface area (Å²) in [7, 11) is 0. The summed E-state index contributed by atoms with van der Waals surface area (Å²) >= 11 is 0. The Kier molecular flexibility index (Phi) is 13.5. The van der Waals surface area contributed by atoms with Crippen molar-refractivity contribution in [2.75, 3.05) is 6.61 Å². The van der Waals surface area contributed by atoms with Crippen LogP contribution in [-0.4, -0.2) is 6.61 Å². The Hall–Kier alpha value is -4.10. The molecule has 0 aromatic heterocycles. The van der Waals surface area contributed by atoms with Crippen LogP contribution >= 0.6 is 0 Å². The van der Waals surface area contributed by atoms with E-state index < -0.39 is 0 Å². The van der Waals surface area contributed by atoms with Crippen LogP contribution < -0.4 is 0 Å². The minimum absolute atomic E-state index is 0. The topological polar surface area (TPSA) is 9.23 Å². The van der Waals surface area contributed by atoms with Gasteiger partial charge in [0.15, 0.2) is 0 Å². The molecule has 0 saturated carbocycles. The van der Waals surface area contributed by atoms with E-state index in [1.165, 1.54) is 44.5 Å². The Morgan fingerprint density at radius 1 is 0.725 bits per heavy atom. The number of allylic oxidation sites excluding steroid dienone is 4. The molecule has 4 rings (SSSR count). The van der Waals surface area contributed by atoms with Crippen LogP contribution in [0.4, 0.5) is 0 Å². The second-order valence-electron chi connectivity index (χ2n) is 9.83. The zero-order valence-electron chi connectivity index (χ0n) is 24.2. The molecule has 0 radical (unpaired) electrons. The summed E-state index contributed by atoms with van der Waals surface area (Å²) < 4.78 is 5.55. The average Bonchev–Trinajstić information content (AvgIpc) is 2.97. The van der Waals surface area contributed by atoms with Crippen LogP contribution in [0.5, 0.6) is 0 Å². The molecule has 4 aromatic carbocycles. The van der Waals surface area contributed by atoms with Crippen LogP contribution in [0.15, 0.2) is 127 Å².